The summed E-state index contributed by atoms with van der Waals surface area (Å²) in [5.74, 6) is -0.989. The Hall–Kier alpha value is -1.84. The monoisotopic (exact) mass is 249 g/mol. The molecule has 0 saturated carbocycles. The standard InChI is InChI=1S/C14H19NO3/c1-9-5-4-6-12(11(9)3)14(18)15-10(2)7-8-13(16)17/h4-6,10H,7-8H2,1-3H3,(H,15,18)(H,16,17). The quantitative estimate of drug-likeness (QED) is 0.841. The number of carbonyl (C=O) groups excluding carboxylic acids is 1. The number of rotatable bonds is 5. The van der Waals surface area contributed by atoms with Crippen molar-refractivity contribution >= 4 is 11.9 Å². The van der Waals surface area contributed by atoms with Crippen LogP contribution in [0.25, 0.3) is 0 Å². The summed E-state index contributed by atoms with van der Waals surface area (Å²) < 4.78 is 0. The molecule has 2 N–H and O–H groups in total. The van der Waals surface area contributed by atoms with E-state index in [9.17, 15) is 9.59 Å². The molecule has 4 nitrogen and oxygen atoms in total. The molecule has 0 radical (unpaired) electrons. The molecule has 1 amide bonds. The maximum absolute atomic E-state index is 12.0. The minimum Gasteiger partial charge on any atom is -0.481 e. The lowest BCUT2D eigenvalue weighted by Gasteiger charge is -2.14. The van der Waals surface area contributed by atoms with Crippen molar-refractivity contribution in [2.75, 3.05) is 0 Å². The first-order chi connectivity index (χ1) is 8.41. The number of nitrogens with one attached hydrogen (secondary N) is 1. The topological polar surface area (TPSA) is 66.4 Å². The highest BCUT2D eigenvalue weighted by Crippen LogP contribution is 2.13. The van der Waals surface area contributed by atoms with Crippen LogP contribution in [0, 0.1) is 13.8 Å². The van der Waals surface area contributed by atoms with Crippen LogP contribution in [0.15, 0.2) is 18.2 Å². The molecule has 18 heavy (non-hydrogen) atoms. The van der Waals surface area contributed by atoms with Crippen molar-refractivity contribution in [2.24, 2.45) is 0 Å². The Balaban J connectivity index is 2.65. The highest BCUT2D eigenvalue weighted by molar-refractivity contribution is 5.96. The summed E-state index contributed by atoms with van der Waals surface area (Å²) in [4.78, 5) is 22.5. The molecular formula is C14H19NO3. The number of aliphatic carboxylic acids is 1. The number of amides is 1. The van der Waals surface area contributed by atoms with Gasteiger partial charge >= 0.3 is 5.97 Å². The first-order valence-electron chi connectivity index (χ1n) is 6.00. The van der Waals surface area contributed by atoms with Gasteiger partial charge in [-0.3, -0.25) is 9.59 Å². The van der Waals surface area contributed by atoms with E-state index in [2.05, 4.69) is 5.32 Å². The Bertz CT molecular complexity index is 454. The molecular weight excluding hydrogens is 230 g/mol. The van der Waals surface area contributed by atoms with E-state index in [-0.39, 0.29) is 18.4 Å². The van der Waals surface area contributed by atoms with Crippen molar-refractivity contribution in [3.8, 4) is 0 Å². The van der Waals surface area contributed by atoms with Gasteiger partial charge in [-0.25, -0.2) is 0 Å². The molecule has 0 fully saturated rings. The number of carboxylic acid groups (broad SMARTS) is 1. The Labute approximate surface area is 107 Å². The Kier molecular flexibility index (Phi) is 4.89. The number of hydrogen-bond donors (Lipinski definition) is 2. The fourth-order valence-corrected chi connectivity index (χ4v) is 1.71. The van der Waals surface area contributed by atoms with Gasteiger partial charge in [-0.2, -0.15) is 0 Å². The van der Waals surface area contributed by atoms with E-state index in [0.29, 0.717) is 12.0 Å². The largest absolute Gasteiger partial charge is 0.481 e. The molecule has 1 rings (SSSR count). The minimum atomic E-state index is -0.845. The average molecular weight is 249 g/mol. The molecule has 0 aromatic heterocycles. The third-order valence-electron chi connectivity index (χ3n) is 3.02. The zero-order valence-corrected chi connectivity index (χ0v) is 11.0. The lowest BCUT2D eigenvalue weighted by atomic mass is 10.0. The van der Waals surface area contributed by atoms with E-state index in [1.165, 1.54) is 0 Å². The van der Waals surface area contributed by atoms with Gasteiger partial charge in [-0.05, 0) is 44.4 Å². The molecule has 0 spiro atoms. The lowest BCUT2D eigenvalue weighted by Crippen LogP contribution is -2.33. The third-order valence-corrected chi connectivity index (χ3v) is 3.02. The van der Waals surface area contributed by atoms with E-state index < -0.39 is 5.97 Å². The summed E-state index contributed by atoms with van der Waals surface area (Å²) in [5.41, 5.74) is 2.68. The molecule has 0 saturated heterocycles. The molecule has 0 aliphatic rings. The molecule has 1 unspecified atom stereocenters. The molecule has 0 heterocycles. The molecule has 0 aliphatic carbocycles. The maximum atomic E-state index is 12.0. The second kappa shape index (κ2) is 6.19. The summed E-state index contributed by atoms with van der Waals surface area (Å²) in [6.45, 7) is 5.68. The molecule has 0 bridgehead atoms. The van der Waals surface area contributed by atoms with Crippen LogP contribution in [-0.2, 0) is 4.79 Å². The molecule has 0 aliphatic heterocycles. The third kappa shape index (κ3) is 3.87. The van der Waals surface area contributed by atoms with Crippen molar-refractivity contribution in [2.45, 2.75) is 39.7 Å². The van der Waals surface area contributed by atoms with Crippen molar-refractivity contribution in [3.63, 3.8) is 0 Å². The van der Waals surface area contributed by atoms with Crippen LogP contribution in [0.2, 0.25) is 0 Å². The van der Waals surface area contributed by atoms with Gasteiger partial charge in [0.1, 0.15) is 0 Å². The first kappa shape index (κ1) is 14.2. The van der Waals surface area contributed by atoms with Crippen LogP contribution in [0.4, 0.5) is 0 Å². The normalized spacial score (nSPS) is 11.9. The van der Waals surface area contributed by atoms with Gasteiger partial charge < -0.3 is 10.4 Å². The van der Waals surface area contributed by atoms with E-state index in [1.807, 2.05) is 32.9 Å². The van der Waals surface area contributed by atoms with E-state index in [1.54, 1.807) is 6.07 Å². The Morgan fingerprint density at radius 3 is 2.61 bits per heavy atom. The lowest BCUT2D eigenvalue weighted by molar-refractivity contribution is -0.137. The minimum absolute atomic E-state index is 0.0637. The molecule has 98 valence electrons. The van der Waals surface area contributed by atoms with Gasteiger partial charge in [0.25, 0.3) is 5.91 Å². The van der Waals surface area contributed by atoms with Gasteiger partial charge in [-0.15, -0.1) is 0 Å². The van der Waals surface area contributed by atoms with Gasteiger partial charge in [0, 0.05) is 18.0 Å². The highest BCUT2D eigenvalue weighted by atomic mass is 16.4. The fraction of sp³-hybridized carbons (Fsp3) is 0.429. The van der Waals surface area contributed by atoms with Gasteiger partial charge in [0.15, 0.2) is 0 Å². The van der Waals surface area contributed by atoms with E-state index in [4.69, 9.17) is 5.11 Å². The molecule has 1 atom stereocenters. The predicted molar refractivity (Wildman–Crippen MR) is 69.7 cm³/mol. The molecule has 1 aromatic rings. The van der Waals surface area contributed by atoms with E-state index >= 15 is 0 Å². The van der Waals surface area contributed by atoms with Crippen LogP contribution < -0.4 is 5.32 Å². The fourth-order valence-electron chi connectivity index (χ4n) is 1.71. The van der Waals surface area contributed by atoms with Crippen molar-refractivity contribution in [1.82, 2.24) is 5.32 Å². The number of aryl methyl sites for hydroxylation is 1. The van der Waals surface area contributed by atoms with Crippen molar-refractivity contribution < 1.29 is 14.7 Å². The van der Waals surface area contributed by atoms with Gasteiger partial charge in [0.2, 0.25) is 0 Å². The number of carbonyl (C=O) groups is 2. The Morgan fingerprint density at radius 1 is 1.33 bits per heavy atom. The predicted octanol–water partition coefficient (Wildman–Crippen LogP) is 2.29. The van der Waals surface area contributed by atoms with Gasteiger partial charge in [0.05, 0.1) is 0 Å². The summed E-state index contributed by atoms with van der Waals surface area (Å²) >= 11 is 0. The first-order valence-corrected chi connectivity index (χ1v) is 6.00. The summed E-state index contributed by atoms with van der Waals surface area (Å²) in [7, 11) is 0. The van der Waals surface area contributed by atoms with Crippen LogP contribution >= 0.6 is 0 Å². The maximum Gasteiger partial charge on any atom is 0.303 e. The van der Waals surface area contributed by atoms with Crippen LogP contribution in [0.5, 0.6) is 0 Å². The van der Waals surface area contributed by atoms with Crippen LogP contribution in [0.1, 0.15) is 41.3 Å². The van der Waals surface area contributed by atoms with Crippen LogP contribution in [-0.4, -0.2) is 23.0 Å². The molecule has 4 heteroatoms. The number of hydrogen-bond acceptors (Lipinski definition) is 2. The Morgan fingerprint density at radius 2 is 2.00 bits per heavy atom. The number of carboxylic acids is 1. The highest BCUT2D eigenvalue weighted by Gasteiger charge is 2.13. The van der Waals surface area contributed by atoms with Crippen molar-refractivity contribution in [3.05, 3.63) is 34.9 Å². The zero-order chi connectivity index (χ0) is 13.7. The SMILES string of the molecule is Cc1cccc(C(=O)NC(C)CCC(=O)O)c1C. The zero-order valence-electron chi connectivity index (χ0n) is 11.0. The summed E-state index contributed by atoms with van der Waals surface area (Å²) in [6.07, 6.45) is 0.500. The number of benzene rings is 1. The van der Waals surface area contributed by atoms with Crippen LogP contribution in [0.3, 0.4) is 0 Å². The van der Waals surface area contributed by atoms with Crippen molar-refractivity contribution in [1.29, 1.82) is 0 Å². The average Bonchev–Trinajstić information content (AvgIpc) is 2.30. The summed E-state index contributed by atoms with van der Waals surface area (Å²) in [6, 6.07) is 5.44. The van der Waals surface area contributed by atoms with E-state index in [0.717, 1.165) is 11.1 Å². The van der Waals surface area contributed by atoms with Gasteiger partial charge in [-0.1, -0.05) is 12.1 Å². The summed E-state index contributed by atoms with van der Waals surface area (Å²) in [5, 5.41) is 11.4. The second-order valence-electron chi connectivity index (χ2n) is 4.55. The smallest absolute Gasteiger partial charge is 0.303 e. The second-order valence-corrected chi connectivity index (χ2v) is 4.55. The molecule has 1 aromatic carbocycles.